The molecule has 1 aliphatic rings. The second-order valence-corrected chi connectivity index (χ2v) is 5.26. The highest BCUT2D eigenvalue weighted by atomic mass is 35.5. The molecule has 1 unspecified atom stereocenters. The maximum Gasteiger partial charge on any atom is 0.258 e. The summed E-state index contributed by atoms with van der Waals surface area (Å²) in [5.74, 6) is -0.0969. The fourth-order valence-corrected chi connectivity index (χ4v) is 2.35. The van der Waals surface area contributed by atoms with Crippen LogP contribution in [0.15, 0.2) is 24.3 Å². The minimum Gasteiger partial charge on any atom is -0.359 e. The normalized spacial score (nSPS) is 23.2. The van der Waals surface area contributed by atoms with Crippen LogP contribution in [-0.2, 0) is 9.53 Å². The average molecular weight is 269 g/mol. The molecule has 1 aromatic rings. The molecule has 1 saturated heterocycles. The van der Waals surface area contributed by atoms with Gasteiger partial charge in [-0.3, -0.25) is 4.79 Å². The third-order valence-corrected chi connectivity index (χ3v) is 3.33. The summed E-state index contributed by atoms with van der Waals surface area (Å²) >= 11 is 6.14. The van der Waals surface area contributed by atoms with Crippen molar-refractivity contribution in [3.8, 4) is 0 Å². The highest BCUT2D eigenvalue weighted by Gasteiger charge is 2.41. The van der Waals surface area contributed by atoms with E-state index in [2.05, 4.69) is 0 Å². The number of benzene rings is 1. The molecule has 1 aliphatic heterocycles. The Morgan fingerprint density at radius 2 is 2.17 bits per heavy atom. The van der Waals surface area contributed by atoms with Gasteiger partial charge in [0.25, 0.3) is 5.91 Å². The predicted octanol–water partition coefficient (Wildman–Crippen LogP) is 1.81. The van der Waals surface area contributed by atoms with E-state index < -0.39 is 5.60 Å². The molecule has 4 nitrogen and oxygen atoms in total. The first-order valence-corrected chi connectivity index (χ1v) is 6.28. The van der Waals surface area contributed by atoms with Crippen molar-refractivity contribution < 1.29 is 9.53 Å². The summed E-state index contributed by atoms with van der Waals surface area (Å²) in [7, 11) is 0. The number of carbonyl (C=O) groups is 1. The summed E-state index contributed by atoms with van der Waals surface area (Å²) in [6, 6.07) is 7.29. The van der Waals surface area contributed by atoms with E-state index in [1.165, 1.54) is 0 Å². The zero-order chi connectivity index (χ0) is 13.3. The molecule has 2 rings (SSSR count). The molecule has 1 fully saturated rings. The first kappa shape index (κ1) is 13.3. The monoisotopic (exact) mass is 268 g/mol. The predicted molar refractivity (Wildman–Crippen MR) is 71.8 cm³/mol. The van der Waals surface area contributed by atoms with Crippen molar-refractivity contribution in [2.45, 2.75) is 25.6 Å². The third-order valence-electron chi connectivity index (χ3n) is 3.01. The smallest absolute Gasteiger partial charge is 0.258 e. The number of nitrogens with two attached hydrogens (primary N) is 1. The lowest BCUT2D eigenvalue weighted by Gasteiger charge is -2.41. The quantitative estimate of drug-likeness (QED) is 0.890. The second-order valence-electron chi connectivity index (χ2n) is 4.85. The van der Waals surface area contributed by atoms with Crippen molar-refractivity contribution in [1.29, 1.82) is 0 Å². The highest BCUT2D eigenvalue weighted by Crippen LogP contribution is 2.31. The number of nitrogens with zero attached hydrogens (tertiary/aromatic N) is 1. The fraction of sp³-hybridized carbons (Fsp3) is 0.462. The van der Waals surface area contributed by atoms with Gasteiger partial charge >= 0.3 is 0 Å². The number of morpholine rings is 1. The fourth-order valence-electron chi connectivity index (χ4n) is 2.12. The Kier molecular flexibility index (Phi) is 3.61. The topological polar surface area (TPSA) is 55.6 Å². The van der Waals surface area contributed by atoms with Gasteiger partial charge in [-0.05, 0) is 26.0 Å². The number of amides is 1. The molecule has 1 heterocycles. The van der Waals surface area contributed by atoms with Crippen molar-refractivity contribution in [2.24, 2.45) is 5.73 Å². The molecule has 1 amide bonds. The number of para-hydroxylation sites is 1. The molecule has 0 bridgehead atoms. The lowest BCUT2D eigenvalue weighted by Crippen LogP contribution is -2.59. The van der Waals surface area contributed by atoms with Gasteiger partial charge in [0.05, 0.1) is 23.4 Å². The van der Waals surface area contributed by atoms with Crippen molar-refractivity contribution in [1.82, 2.24) is 0 Å². The van der Waals surface area contributed by atoms with E-state index in [4.69, 9.17) is 22.1 Å². The Morgan fingerprint density at radius 1 is 1.50 bits per heavy atom. The maximum atomic E-state index is 12.4. The average Bonchev–Trinajstić information content (AvgIpc) is 2.33. The van der Waals surface area contributed by atoms with Crippen LogP contribution in [0.2, 0.25) is 5.02 Å². The minimum atomic E-state index is -0.874. The lowest BCUT2D eigenvalue weighted by atomic mass is 10.0. The largest absolute Gasteiger partial charge is 0.359 e. The van der Waals surface area contributed by atoms with Gasteiger partial charge in [0.15, 0.2) is 0 Å². The second kappa shape index (κ2) is 4.88. The van der Waals surface area contributed by atoms with Crippen molar-refractivity contribution in [3.05, 3.63) is 29.3 Å². The number of hydrogen-bond donors (Lipinski definition) is 1. The Hall–Kier alpha value is -1.10. The molecule has 0 spiro atoms. The molecular formula is C13H17ClN2O2. The SMILES string of the molecule is CC1(C)OC(CN)CN(c2ccccc2Cl)C1=O. The van der Waals surface area contributed by atoms with Gasteiger partial charge < -0.3 is 15.4 Å². The van der Waals surface area contributed by atoms with E-state index in [1.807, 2.05) is 18.2 Å². The Morgan fingerprint density at radius 3 is 2.78 bits per heavy atom. The van der Waals surface area contributed by atoms with Crippen molar-refractivity contribution >= 4 is 23.2 Å². The molecule has 5 heteroatoms. The number of rotatable bonds is 2. The van der Waals surface area contributed by atoms with Gasteiger partial charge in [0.1, 0.15) is 5.60 Å². The van der Waals surface area contributed by atoms with Crippen molar-refractivity contribution in [2.75, 3.05) is 18.0 Å². The van der Waals surface area contributed by atoms with E-state index in [0.717, 1.165) is 0 Å². The van der Waals surface area contributed by atoms with Crippen LogP contribution in [0.1, 0.15) is 13.8 Å². The minimum absolute atomic E-state index is 0.0969. The summed E-state index contributed by atoms with van der Waals surface area (Å²) in [5, 5.41) is 0.555. The molecule has 0 aliphatic carbocycles. The summed E-state index contributed by atoms with van der Waals surface area (Å²) in [6.45, 7) is 4.31. The van der Waals surface area contributed by atoms with E-state index in [1.54, 1.807) is 24.8 Å². The zero-order valence-electron chi connectivity index (χ0n) is 10.5. The number of halogens is 1. The van der Waals surface area contributed by atoms with Gasteiger partial charge in [-0.2, -0.15) is 0 Å². The van der Waals surface area contributed by atoms with Crippen LogP contribution in [0.3, 0.4) is 0 Å². The van der Waals surface area contributed by atoms with E-state index in [0.29, 0.717) is 23.8 Å². The molecule has 18 heavy (non-hydrogen) atoms. The van der Waals surface area contributed by atoms with Gasteiger partial charge in [-0.1, -0.05) is 23.7 Å². The molecular weight excluding hydrogens is 252 g/mol. The van der Waals surface area contributed by atoms with Gasteiger partial charge in [-0.15, -0.1) is 0 Å². The van der Waals surface area contributed by atoms with Crippen LogP contribution < -0.4 is 10.6 Å². The zero-order valence-corrected chi connectivity index (χ0v) is 11.3. The number of carbonyl (C=O) groups excluding carboxylic acids is 1. The molecule has 1 aromatic carbocycles. The maximum absolute atomic E-state index is 12.4. The van der Waals surface area contributed by atoms with Crippen LogP contribution in [0.4, 0.5) is 5.69 Å². The molecule has 0 radical (unpaired) electrons. The summed E-state index contributed by atoms with van der Waals surface area (Å²) in [5.41, 5.74) is 5.49. The number of hydrogen-bond acceptors (Lipinski definition) is 3. The van der Waals surface area contributed by atoms with E-state index >= 15 is 0 Å². The number of ether oxygens (including phenoxy) is 1. The van der Waals surface area contributed by atoms with E-state index in [9.17, 15) is 4.79 Å². The van der Waals surface area contributed by atoms with Crippen LogP contribution in [-0.4, -0.2) is 30.7 Å². The van der Waals surface area contributed by atoms with Gasteiger partial charge in [-0.25, -0.2) is 0 Å². The molecule has 2 N–H and O–H groups in total. The number of anilines is 1. The third kappa shape index (κ3) is 2.36. The van der Waals surface area contributed by atoms with Crippen LogP contribution >= 0.6 is 11.6 Å². The standard InChI is InChI=1S/C13H17ClN2O2/c1-13(2)12(17)16(8-9(7-15)18-13)11-6-4-3-5-10(11)14/h3-6,9H,7-8,15H2,1-2H3. The lowest BCUT2D eigenvalue weighted by molar-refractivity contribution is -0.153. The Bertz CT molecular complexity index is 462. The molecule has 0 aromatic heterocycles. The highest BCUT2D eigenvalue weighted by molar-refractivity contribution is 6.33. The molecule has 1 atom stereocenters. The summed E-state index contributed by atoms with van der Waals surface area (Å²) in [6.07, 6.45) is -0.172. The van der Waals surface area contributed by atoms with Crippen LogP contribution in [0.25, 0.3) is 0 Å². The first-order chi connectivity index (χ1) is 8.45. The van der Waals surface area contributed by atoms with E-state index in [-0.39, 0.29) is 12.0 Å². The Labute approximate surface area is 112 Å². The Balaban J connectivity index is 2.37. The summed E-state index contributed by atoms with van der Waals surface area (Å²) < 4.78 is 5.67. The van der Waals surface area contributed by atoms with Crippen LogP contribution in [0, 0.1) is 0 Å². The molecule has 0 saturated carbocycles. The first-order valence-electron chi connectivity index (χ1n) is 5.90. The molecule has 98 valence electrons. The van der Waals surface area contributed by atoms with Gasteiger partial charge in [0, 0.05) is 6.54 Å². The summed E-state index contributed by atoms with van der Waals surface area (Å²) in [4.78, 5) is 14.0. The van der Waals surface area contributed by atoms with Crippen molar-refractivity contribution in [3.63, 3.8) is 0 Å². The van der Waals surface area contributed by atoms with Gasteiger partial charge in [0.2, 0.25) is 0 Å². The van der Waals surface area contributed by atoms with Crippen LogP contribution in [0.5, 0.6) is 0 Å².